The summed E-state index contributed by atoms with van der Waals surface area (Å²) < 4.78 is 0. The second-order valence-electron chi connectivity index (χ2n) is 5.13. The van der Waals surface area contributed by atoms with E-state index in [4.69, 9.17) is 0 Å². The van der Waals surface area contributed by atoms with Crippen molar-refractivity contribution in [2.75, 3.05) is 20.6 Å². The topological polar surface area (TPSA) is 32.3 Å². The zero-order chi connectivity index (χ0) is 11.4. The van der Waals surface area contributed by atoms with E-state index < -0.39 is 0 Å². The highest BCUT2D eigenvalue weighted by molar-refractivity contribution is 5.77. The second-order valence-corrected chi connectivity index (χ2v) is 5.13. The van der Waals surface area contributed by atoms with Crippen LogP contribution in [0.4, 0.5) is 0 Å². The summed E-state index contributed by atoms with van der Waals surface area (Å²) in [5.41, 5.74) is 0. The number of hydrogen-bond donors (Lipinski definition) is 1. The normalized spacial score (nSPS) is 31.3. The van der Waals surface area contributed by atoms with Gasteiger partial charge < -0.3 is 10.2 Å². The van der Waals surface area contributed by atoms with Crippen LogP contribution in [0.2, 0.25) is 0 Å². The fourth-order valence-electron chi connectivity index (χ4n) is 2.12. The van der Waals surface area contributed by atoms with Gasteiger partial charge in [0.25, 0.3) is 0 Å². The van der Waals surface area contributed by atoms with Gasteiger partial charge in [-0.15, -0.1) is 0 Å². The van der Waals surface area contributed by atoms with E-state index in [1.807, 2.05) is 0 Å². The standard InChI is InChI=1S/C12H24N2O/c1-9-5-6-11(7-10(9)2)13-8-12(15)14(3)4/h9-11,13H,5-8H2,1-4H3/t9-,10-,11-/m1/s1. The van der Waals surface area contributed by atoms with Gasteiger partial charge in [0.05, 0.1) is 6.54 Å². The third kappa shape index (κ3) is 3.82. The van der Waals surface area contributed by atoms with Crippen LogP contribution in [0.25, 0.3) is 0 Å². The summed E-state index contributed by atoms with van der Waals surface area (Å²) in [6, 6.07) is 0.542. The molecule has 1 aliphatic carbocycles. The predicted molar refractivity (Wildman–Crippen MR) is 62.7 cm³/mol. The van der Waals surface area contributed by atoms with Gasteiger partial charge >= 0.3 is 0 Å². The second kappa shape index (κ2) is 5.50. The first-order chi connectivity index (χ1) is 7.00. The number of hydrogen-bond acceptors (Lipinski definition) is 2. The summed E-state index contributed by atoms with van der Waals surface area (Å²) in [5.74, 6) is 1.79. The summed E-state index contributed by atoms with van der Waals surface area (Å²) in [7, 11) is 3.60. The summed E-state index contributed by atoms with van der Waals surface area (Å²) >= 11 is 0. The highest BCUT2D eigenvalue weighted by Gasteiger charge is 2.24. The van der Waals surface area contributed by atoms with E-state index in [2.05, 4.69) is 19.2 Å². The number of rotatable bonds is 3. The molecule has 1 rings (SSSR count). The van der Waals surface area contributed by atoms with E-state index in [1.54, 1.807) is 19.0 Å². The van der Waals surface area contributed by atoms with Crippen molar-refractivity contribution in [3.63, 3.8) is 0 Å². The molecular formula is C12H24N2O. The SMILES string of the molecule is C[C@@H]1CC[C@@H](NCC(=O)N(C)C)C[C@H]1C. The zero-order valence-corrected chi connectivity index (χ0v) is 10.4. The van der Waals surface area contributed by atoms with Gasteiger partial charge in [-0.1, -0.05) is 13.8 Å². The van der Waals surface area contributed by atoms with E-state index in [-0.39, 0.29) is 5.91 Å². The third-order valence-electron chi connectivity index (χ3n) is 3.64. The predicted octanol–water partition coefficient (Wildman–Crippen LogP) is 1.49. The van der Waals surface area contributed by atoms with Crippen molar-refractivity contribution in [2.45, 2.75) is 39.2 Å². The van der Waals surface area contributed by atoms with Gasteiger partial charge in [-0.05, 0) is 31.1 Å². The van der Waals surface area contributed by atoms with Crippen LogP contribution in [0, 0.1) is 11.8 Å². The molecule has 1 aliphatic rings. The highest BCUT2D eigenvalue weighted by Crippen LogP contribution is 2.29. The average Bonchev–Trinajstić information content (AvgIpc) is 2.19. The molecule has 0 aromatic rings. The molecule has 3 nitrogen and oxygen atoms in total. The first-order valence-electron chi connectivity index (χ1n) is 5.94. The van der Waals surface area contributed by atoms with Crippen molar-refractivity contribution in [2.24, 2.45) is 11.8 Å². The van der Waals surface area contributed by atoms with Crippen molar-refractivity contribution < 1.29 is 4.79 Å². The van der Waals surface area contributed by atoms with Crippen molar-refractivity contribution >= 4 is 5.91 Å². The van der Waals surface area contributed by atoms with E-state index in [9.17, 15) is 4.79 Å². The molecule has 1 N–H and O–H groups in total. The van der Waals surface area contributed by atoms with E-state index in [1.165, 1.54) is 19.3 Å². The Balaban J connectivity index is 2.25. The smallest absolute Gasteiger partial charge is 0.236 e. The van der Waals surface area contributed by atoms with Crippen LogP contribution in [0.1, 0.15) is 33.1 Å². The van der Waals surface area contributed by atoms with E-state index >= 15 is 0 Å². The fourth-order valence-corrected chi connectivity index (χ4v) is 2.12. The molecule has 0 spiro atoms. The van der Waals surface area contributed by atoms with Crippen LogP contribution in [0.3, 0.4) is 0 Å². The number of carbonyl (C=O) groups excluding carboxylic acids is 1. The molecular weight excluding hydrogens is 188 g/mol. The minimum Gasteiger partial charge on any atom is -0.348 e. The van der Waals surface area contributed by atoms with Crippen molar-refractivity contribution in [3.8, 4) is 0 Å². The fraction of sp³-hybridized carbons (Fsp3) is 0.917. The van der Waals surface area contributed by atoms with Gasteiger partial charge in [-0.3, -0.25) is 4.79 Å². The lowest BCUT2D eigenvalue weighted by atomic mass is 9.79. The number of nitrogens with zero attached hydrogens (tertiary/aromatic N) is 1. The van der Waals surface area contributed by atoms with Crippen LogP contribution in [-0.2, 0) is 4.79 Å². The molecule has 0 heterocycles. The zero-order valence-electron chi connectivity index (χ0n) is 10.4. The molecule has 0 aromatic carbocycles. The van der Waals surface area contributed by atoms with Gasteiger partial charge in [0.2, 0.25) is 5.91 Å². The minimum absolute atomic E-state index is 0.168. The Labute approximate surface area is 93.2 Å². The molecule has 0 aliphatic heterocycles. The molecule has 1 amide bonds. The maximum absolute atomic E-state index is 11.4. The monoisotopic (exact) mass is 212 g/mol. The molecule has 88 valence electrons. The summed E-state index contributed by atoms with van der Waals surface area (Å²) in [6.45, 7) is 5.12. The molecule has 0 radical (unpaired) electrons. The van der Waals surface area contributed by atoms with Crippen molar-refractivity contribution in [3.05, 3.63) is 0 Å². The average molecular weight is 212 g/mol. The first-order valence-corrected chi connectivity index (χ1v) is 5.94. The highest BCUT2D eigenvalue weighted by atomic mass is 16.2. The van der Waals surface area contributed by atoms with Gasteiger partial charge in [-0.2, -0.15) is 0 Å². The number of likely N-dealkylation sites (N-methyl/N-ethyl adjacent to an activating group) is 1. The number of carbonyl (C=O) groups is 1. The Hall–Kier alpha value is -0.570. The molecule has 0 unspecified atom stereocenters. The van der Waals surface area contributed by atoms with Crippen LogP contribution in [0.15, 0.2) is 0 Å². The van der Waals surface area contributed by atoms with Crippen LogP contribution in [0.5, 0.6) is 0 Å². The molecule has 3 heteroatoms. The van der Waals surface area contributed by atoms with Gasteiger partial charge in [0.1, 0.15) is 0 Å². The number of nitrogens with one attached hydrogen (secondary N) is 1. The summed E-state index contributed by atoms with van der Waals surface area (Å²) in [4.78, 5) is 13.0. The Morgan fingerprint density at radius 3 is 2.47 bits per heavy atom. The van der Waals surface area contributed by atoms with Crippen molar-refractivity contribution in [1.82, 2.24) is 10.2 Å². The first kappa shape index (κ1) is 12.5. The van der Waals surface area contributed by atoms with Gasteiger partial charge in [-0.25, -0.2) is 0 Å². The molecule has 1 saturated carbocycles. The maximum atomic E-state index is 11.4. The Kier molecular flexibility index (Phi) is 4.58. The van der Waals surface area contributed by atoms with E-state index in [0.29, 0.717) is 12.6 Å². The molecule has 0 saturated heterocycles. The molecule has 1 fully saturated rings. The molecule has 0 aromatic heterocycles. The van der Waals surface area contributed by atoms with Gasteiger partial charge in [0, 0.05) is 20.1 Å². The lowest BCUT2D eigenvalue weighted by molar-refractivity contribution is -0.127. The van der Waals surface area contributed by atoms with E-state index in [0.717, 1.165) is 11.8 Å². The maximum Gasteiger partial charge on any atom is 0.236 e. The molecule has 0 bridgehead atoms. The lowest BCUT2D eigenvalue weighted by Crippen LogP contribution is -2.41. The van der Waals surface area contributed by atoms with Crippen LogP contribution < -0.4 is 5.32 Å². The van der Waals surface area contributed by atoms with Crippen LogP contribution >= 0.6 is 0 Å². The molecule has 15 heavy (non-hydrogen) atoms. The minimum atomic E-state index is 0.168. The largest absolute Gasteiger partial charge is 0.348 e. The van der Waals surface area contributed by atoms with Gasteiger partial charge in [0.15, 0.2) is 0 Å². The van der Waals surface area contributed by atoms with Crippen molar-refractivity contribution in [1.29, 1.82) is 0 Å². The summed E-state index contributed by atoms with van der Waals surface area (Å²) in [5, 5.41) is 3.36. The molecule has 3 atom stereocenters. The Morgan fingerprint density at radius 2 is 1.93 bits per heavy atom. The Bertz CT molecular complexity index is 216. The Morgan fingerprint density at radius 1 is 1.27 bits per heavy atom. The third-order valence-corrected chi connectivity index (χ3v) is 3.64. The lowest BCUT2D eigenvalue weighted by Gasteiger charge is -2.32. The number of amides is 1. The quantitative estimate of drug-likeness (QED) is 0.768. The van der Waals surface area contributed by atoms with Crippen LogP contribution in [-0.4, -0.2) is 37.5 Å². The summed E-state index contributed by atoms with van der Waals surface area (Å²) in [6.07, 6.45) is 3.71.